The Balaban J connectivity index is 2.24. The minimum absolute atomic E-state index is 0.0928. The van der Waals surface area contributed by atoms with E-state index in [1.165, 1.54) is 0 Å². The quantitative estimate of drug-likeness (QED) is 0.818. The summed E-state index contributed by atoms with van der Waals surface area (Å²) in [4.78, 5) is 14.5. The molecule has 1 fully saturated rings. The first-order chi connectivity index (χ1) is 8.49. The van der Waals surface area contributed by atoms with Crippen molar-refractivity contribution >= 4 is 37.8 Å². The highest BCUT2D eigenvalue weighted by Gasteiger charge is 2.28. The summed E-state index contributed by atoms with van der Waals surface area (Å²) in [5.74, 6) is 0.0928. The molecule has 3 nitrogen and oxygen atoms in total. The molecule has 0 saturated carbocycles. The maximum atomic E-state index is 12.5. The number of rotatable bonds is 1. The Morgan fingerprint density at radius 2 is 2.11 bits per heavy atom. The monoisotopic (exact) mass is 374 g/mol. The lowest BCUT2D eigenvalue weighted by atomic mass is 10.1. The maximum absolute atomic E-state index is 12.5. The lowest BCUT2D eigenvalue weighted by molar-refractivity contribution is 0.0615. The molecule has 0 spiro atoms. The van der Waals surface area contributed by atoms with E-state index in [9.17, 15) is 4.79 Å². The Kier molecular flexibility index (Phi) is 4.45. The molecule has 1 aromatic rings. The van der Waals surface area contributed by atoms with Crippen molar-refractivity contribution in [3.8, 4) is 0 Å². The average Bonchev–Trinajstić information content (AvgIpc) is 2.31. The number of nitrogens with zero attached hydrogens (tertiary/aromatic N) is 1. The second-order valence-electron chi connectivity index (χ2n) is 4.74. The zero-order chi connectivity index (χ0) is 13.3. The van der Waals surface area contributed by atoms with Gasteiger partial charge in [0.25, 0.3) is 5.91 Å². The standard InChI is InChI=1S/C13H16Br2N2O/c1-8-7-17(9(2)6-16-8)13(18)11-4-3-10(14)5-12(11)15/h3-5,8-9,16H,6-7H2,1-2H3. The van der Waals surface area contributed by atoms with Crippen molar-refractivity contribution in [2.24, 2.45) is 0 Å². The molecular formula is C13H16Br2N2O. The number of carbonyl (C=O) groups excluding carboxylic acids is 1. The first kappa shape index (κ1) is 14.0. The first-order valence-electron chi connectivity index (χ1n) is 5.98. The summed E-state index contributed by atoms with van der Waals surface area (Å²) in [5, 5.41) is 3.38. The van der Waals surface area contributed by atoms with Gasteiger partial charge in [0.05, 0.1) is 5.56 Å². The third-order valence-electron chi connectivity index (χ3n) is 3.19. The van der Waals surface area contributed by atoms with Crippen molar-refractivity contribution in [2.45, 2.75) is 25.9 Å². The van der Waals surface area contributed by atoms with Gasteiger partial charge in [-0.3, -0.25) is 4.79 Å². The summed E-state index contributed by atoms with van der Waals surface area (Å²) >= 11 is 6.85. The SMILES string of the molecule is CC1CN(C(=O)c2ccc(Br)cc2Br)C(C)CN1. The highest BCUT2D eigenvalue weighted by molar-refractivity contribution is 9.11. The highest BCUT2D eigenvalue weighted by atomic mass is 79.9. The number of amides is 1. The van der Waals surface area contributed by atoms with Crippen LogP contribution in [-0.4, -0.2) is 36.0 Å². The van der Waals surface area contributed by atoms with Crippen LogP contribution in [0.3, 0.4) is 0 Å². The molecule has 2 rings (SSSR count). The Morgan fingerprint density at radius 1 is 1.39 bits per heavy atom. The molecule has 1 aliphatic rings. The van der Waals surface area contributed by atoms with Gasteiger partial charge in [0.1, 0.15) is 0 Å². The molecule has 1 aliphatic heterocycles. The van der Waals surface area contributed by atoms with Gasteiger partial charge in [-0.15, -0.1) is 0 Å². The van der Waals surface area contributed by atoms with E-state index >= 15 is 0 Å². The predicted octanol–water partition coefficient (Wildman–Crippen LogP) is 3.03. The molecule has 0 radical (unpaired) electrons. The number of piperazine rings is 1. The molecule has 1 saturated heterocycles. The number of benzene rings is 1. The smallest absolute Gasteiger partial charge is 0.255 e. The van der Waals surface area contributed by atoms with Crippen molar-refractivity contribution < 1.29 is 4.79 Å². The summed E-state index contributed by atoms with van der Waals surface area (Å²) in [6, 6.07) is 6.23. The van der Waals surface area contributed by atoms with E-state index in [1.54, 1.807) is 0 Å². The fourth-order valence-electron chi connectivity index (χ4n) is 2.12. The molecule has 5 heteroatoms. The van der Waals surface area contributed by atoms with Crippen LogP contribution in [0.1, 0.15) is 24.2 Å². The number of halogens is 2. The van der Waals surface area contributed by atoms with Crippen LogP contribution in [0.2, 0.25) is 0 Å². The van der Waals surface area contributed by atoms with Crippen LogP contribution >= 0.6 is 31.9 Å². The van der Waals surface area contributed by atoms with E-state index in [0.29, 0.717) is 6.04 Å². The third-order valence-corrected chi connectivity index (χ3v) is 4.34. The molecule has 1 amide bonds. The Bertz CT molecular complexity index is 464. The maximum Gasteiger partial charge on any atom is 0.255 e. The van der Waals surface area contributed by atoms with Gasteiger partial charge in [-0.2, -0.15) is 0 Å². The number of hydrogen-bond donors (Lipinski definition) is 1. The van der Waals surface area contributed by atoms with Crippen molar-refractivity contribution in [3.63, 3.8) is 0 Å². The van der Waals surface area contributed by atoms with Crippen LogP contribution in [0.15, 0.2) is 27.1 Å². The summed E-state index contributed by atoms with van der Waals surface area (Å²) in [5.41, 5.74) is 0.721. The van der Waals surface area contributed by atoms with Gasteiger partial charge in [-0.25, -0.2) is 0 Å². The average molecular weight is 376 g/mol. The minimum atomic E-state index is 0.0928. The molecular weight excluding hydrogens is 360 g/mol. The fraction of sp³-hybridized carbons (Fsp3) is 0.462. The second kappa shape index (κ2) is 5.72. The van der Waals surface area contributed by atoms with E-state index in [-0.39, 0.29) is 11.9 Å². The fourth-order valence-corrected chi connectivity index (χ4v) is 3.34. The Labute approximate surface area is 124 Å². The van der Waals surface area contributed by atoms with Gasteiger partial charge in [0.15, 0.2) is 0 Å². The van der Waals surface area contributed by atoms with E-state index in [4.69, 9.17) is 0 Å². The van der Waals surface area contributed by atoms with E-state index in [0.717, 1.165) is 27.6 Å². The van der Waals surface area contributed by atoms with Crippen LogP contribution < -0.4 is 5.32 Å². The van der Waals surface area contributed by atoms with Crippen molar-refractivity contribution in [1.29, 1.82) is 0 Å². The highest BCUT2D eigenvalue weighted by Crippen LogP contribution is 2.24. The zero-order valence-corrected chi connectivity index (χ0v) is 13.6. The molecule has 98 valence electrons. The van der Waals surface area contributed by atoms with Gasteiger partial charge in [0.2, 0.25) is 0 Å². The van der Waals surface area contributed by atoms with Crippen molar-refractivity contribution in [1.82, 2.24) is 10.2 Å². The molecule has 1 heterocycles. The summed E-state index contributed by atoms with van der Waals surface area (Å²) in [6.45, 7) is 5.77. The first-order valence-corrected chi connectivity index (χ1v) is 7.57. The van der Waals surface area contributed by atoms with Gasteiger partial charge in [0, 0.05) is 34.1 Å². The van der Waals surface area contributed by atoms with Gasteiger partial charge >= 0.3 is 0 Å². The Hall–Kier alpha value is -0.390. The van der Waals surface area contributed by atoms with Crippen LogP contribution in [0.4, 0.5) is 0 Å². The Morgan fingerprint density at radius 3 is 2.78 bits per heavy atom. The largest absolute Gasteiger partial charge is 0.333 e. The number of nitrogens with one attached hydrogen (secondary N) is 1. The molecule has 0 bridgehead atoms. The summed E-state index contributed by atoms with van der Waals surface area (Å²) < 4.78 is 1.80. The normalized spacial score (nSPS) is 24.1. The molecule has 0 aromatic heterocycles. The molecule has 18 heavy (non-hydrogen) atoms. The summed E-state index contributed by atoms with van der Waals surface area (Å²) in [7, 11) is 0. The van der Waals surface area contributed by atoms with Gasteiger partial charge in [-0.05, 0) is 48.0 Å². The predicted molar refractivity (Wildman–Crippen MR) is 79.8 cm³/mol. The molecule has 1 aromatic carbocycles. The molecule has 2 unspecified atom stereocenters. The van der Waals surface area contributed by atoms with E-state index < -0.39 is 0 Å². The van der Waals surface area contributed by atoms with Crippen LogP contribution in [0.5, 0.6) is 0 Å². The van der Waals surface area contributed by atoms with Crippen LogP contribution in [0.25, 0.3) is 0 Å². The lowest BCUT2D eigenvalue weighted by Crippen LogP contribution is -2.56. The zero-order valence-electron chi connectivity index (χ0n) is 10.4. The van der Waals surface area contributed by atoms with Crippen molar-refractivity contribution in [3.05, 3.63) is 32.7 Å². The minimum Gasteiger partial charge on any atom is -0.333 e. The number of carbonyl (C=O) groups is 1. The van der Waals surface area contributed by atoms with Crippen LogP contribution in [-0.2, 0) is 0 Å². The topological polar surface area (TPSA) is 32.3 Å². The third kappa shape index (κ3) is 2.95. The summed E-state index contributed by atoms with van der Waals surface area (Å²) in [6.07, 6.45) is 0. The molecule has 2 atom stereocenters. The van der Waals surface area contributed by atoms with E-state index in [2.05, 4.69) is 51.0 Å². The van der Waals surface area contributed by atoms with Crippen molar-refractivity contribution in [2.75, 3.05) is 13.1 Å². The molecule has 0 aliphatic carbocycles. The van der Waals surface area contributed by atoms with E-state index in [1.807, 2.05) is 23.1 Å². The van der Waals surface area contributed by atoms with Gasteiger partial charge in [-0.1, -0.05) is 15.9 Å². The lowest BCUT2D eigenvalue weighted by Gasteiger charge is -2.37. The van der Waals surface area contributed by atoms with Crippen LogP contribution in [0, 0.1) is 0 Å². The molecule has 1 N–H and O–H groups in total. The number of hydrogen-bond acceptors (Lipinski definition) is 2. The second-order valence-corrected chi connectivity index (χ2v) is 6.51. The van der Waals surface area contributed by atoms with Gasteiger partial charge < -0.3 is 10.2 Å².